The zero-order valence-electron chi connectivity index (χ0n) is 15.8. The molecule has 1 unspecified atom stereocenters. The van der Waals surface area contributed by atoms with Gasteiger partial charge in [0.15, 0.2) is 0 Å². The quantitative estimate of drug-likeness (QED) is 0.686. The van der Waals surface area contributed by atoms with Gasteiger partial charge in [-0.2, -0.15) is 0 Å². The van der Waals surface area contributed by atoms with Gasteiger partial charge in [0.2, 0.25) is 0 Å². The summed E-state index contributed by atoms with van der Waals surface area (Å²) in [5.41, 5.74) is 4.30. The molecule has 1 N–H and O–H groups in total. The molecule has 0 spiro atoms. The van der Waals surface area contributed by atoms with E-state index >= 15 is 0 Å². The van der Waals surface area contributed by atoms with Crippen LogP contribution in [-0.2, 0) is 6.54 Å². The Hall–Kier alpha value is -1.66. The Morgan fingerprint density at radius 2 is 2.07 bits per heavy atom. The fourth-order valence-corrected chi connectivity index (χ4v) is 4.70. The summed E-state index contributed by atoms with van der Waals surface area (Å²) in [5.74, 6) is 4.49. The van der Waals surface area contributed by atoms with Crippen molar-refractivity contribution in [1.82, 2.24) is 14.6 Å². The zero-order chi connectivity index (χ0) is 19.2. The molecule has 1 aromatic carbocycles. The van der Waals surface area contributed by atoms with Crippen LogP contribution in [0, 0.1) is 0 Å². The van der Waals surface area contributed by atoms with Crippen LogP contribution in [0.1, 0.15) is 24.6 Å². The van der Waals surface area contributed by atoms with Crippen molar-refractivity contribution >= 4 is 39.6 Å². The third-order valence-corrected chi connectivity index (χ3v) is 6.73. The predicted molar refractivity (Wildman–Crippen MR) is 120 cm³/mol. The number of allylic oxidation sites excluding steroid dienone is 1. The molecule has 1 fully saturated rings. The van der Waals surface area contributed by atoms with Gasteiger partial charge in [-0.1, -0.05) is 37.2 Å². The van der Waals surface area contributed by atoms with Crippen molar-refractivity contribution in [2.75, 3.05) is 30.5 Å². The van der Waals surface area contributed by atoms with Crippen molar-refractivity contribution in [3.05, 3.63) is 65.5 Å². The van der Waals surface area contributed by atoms with Crippen LogP contribution in [0.2, 0.25) is 5.02 Å². The van der Waals surface area contributed by atoms with Crippen LogP contribution in [-0.4, -0.2) is 41.3 Å². The lowest BCUT2D eigenvalue weighted by atomic mass is 10.1. The molecule has 0 bridgehead atoms. The smallest absolute Gasteiger partial charge is 0.0724 e. The fourth-order valence-electron chi connectivity index (χ4n) is 2.99. The van der Waals surface area contributed by atoms with Crippen LogP contribution in [0.4, 0.5) is 5.69 Å². The summed E-state index contributed by atoms with van der Waals surface area (Å²) in [6, 6.07) is 12.2. The van der Waals surface area contributed by atoms with E-state index in [9.17, 15) is 0 Å². The summed E-state index contributed by atoms with van der Waals surface area (Å²) < 4.78 is 4.72. The van der Waals surface area contributed by atoms with Gasteiger partial charge in [-0.15, -0.1) is 0 Å². The maximum atomic E-state index is 6.26. The van der Waals surface area contributed by atoms with Crippen molar-refractivity contribution in [1.29, 1.82) is 0 Å². The van der Waals surface area contributed by atoms with E-state index in [4.69, 9.17) is 11.6 Å². The van der Waals surface area contributed by atoms with Gasteiger partial charge in [-0.25, -0.2) is 4.31 Å². The van der Waals surface area contributed by atoms with Crippen molar-refractivity contribution in [2.45, 2.75) is 19.9 Å². The van der Waals surface area contributed by atoms with E-state index in [1.165, 1.54) is 0 Å². The monoisotopic (exact) mass is 402 g/mol. The highest BCUT2D eigenvalue weighted by molar-refractivity contribution is 8.13. The highest BCUT2D eigenvalue weighted by Gasteiger charge is 2.19. The number of anilines is 1. The van der Waals surface area contributed by atoms with E-state index in [-0.39, 0.29) is 10.9 Å². The van der Waals surface area contributed by atoms with Gasteiger partial charge >= 0.3 is 0 Å². The Balaban J connectivity index is 1.85. The molecule has 1 aliphatic heterocycles. The molecular weight excluding hydrogens is 376 g/mol. The average Bonchev–Trinajstić information content (AvgIpc) is 2.72. The number of hydrogen-bond acceptors (Lipinski definition) is 4. The summed E-state index contributed by atoms with van der Waals surface area (Å²) in [6.07, 6.45) is 2.85. The number of halogens is 1. The number of rotatable bonds is 7. The van der Waals surface area contributed by atoms with Crippen LogP contribution in [0.15, 0.2) is 49.2 Å². The van der Waals surface area contributed by atoms with E-state index in [2.05, 4.69) is 56.5 Å². The molecule has 4 nitrogen and oxygen atoms in total. The first-order valence-electron chi connectivity index (χ1n) is 9.24. The van der Waals surface area contributed by atoms with Gasteiger partial charge in [-0.05, 0) is 58.5 Å². The molecule has 3 rings (SSSR count). The minimum atomic E-state index is -0.309. The Morgan fingerprint density at radius 3 is 2.70 bits per heavy atom. The van der Waals surface area contributed by atoms with E-state index in [1.54, 1.807) is 0 Å². The average molecular weight is 403 g/mol. The maximum absolute atomic E-state index is 6.26. The molecule has 1 aliphatic rings. The summed E-state index contributed by atoms with van der Waals surface area (Å²) in [6.45, 7) is 10.9. The molecule has 27 heavy (non-hydrogen) atoms. The minimum absolute atomic E-state index is 0.309. The third-order valence-electron chi connectivity index (χ3n) is 4.69. The fraction of sp³-hybridized carbons (Fsp3) is 0.333. The number of nitrogens with one attached hydrogen (secondary N) is 1. The van der Waals surface area contributed by atoms with Crippen molar-refractivity contribution in [3.8, 4) is 0 Å². The number of piperazine rings is 1. The number of benzene rings is 1. The number of pyridine rings is 1. The Kier molecular flexibility index (Phi) is 7.07. The van der Waals surface area contributed by atoms with Gasteiger partial charge in [0, 0.05) is 43.1 Å². The number of hydrogen-bond donors (Lipinski definition) is 1. The van der Waals surface area contributed by atoms with Crippen LogP contribution >= 0.6 is 22.5 Å². The summed E-state index contributed by atoms with van der Waals surface area (Å²) in [5, 5.41) is 4.14. The third kappa shape index (κ3) is 5.20. The van der Waals surface area contributed by atoms with E-state index in [1.807, 2.05) is 24.4 Å². The second-order valence-electron chi connectivity index (χ2n) is 6.53. The van der Waals surface area contributed by atoms with E-state index in [0.717, 1.165) is 60.1 Å². The van der Waals surface area contributed by atoms with Gasteiger partial charge in [0.25, 0.3) is 0 Å². The second kappa shape index (κ2) is 9.51. The standard InChI is InChI=1S/C21H27ClN4S/c1-4-17(2)18-8-9-20(24-15-18)16-26(21-7-5-6-19(22)14-21)27(3)25-12-10-23-11-13-25/h5-9,14-15,23H,2-4,10-13,16H2,1H3. The first-order valence-corrected chi connectivity index (χ1v) is 10.9. The molecule has 144 valence electrons. The second-order valence-corrected chi connectivity index (χ2v) is 8.60. The molecule has 1 aromatic heterocycles. The minimum Gasteiger partial charge on any atom is -0.314 e. The van der Waals surface area contributed by atoms with Crippen LogP contribution in [0.25, 0.3) is 5.57 Å². The Morgan fingerprint density at radius 1 is 1.30 bits per heavy atom. The van der Waals surface area contributed by atoms with Gasteiger partial charge in [0.05, 0.1) is 12.2 Å². The van der Waals surface area contributed by atoms with Crippen molar-refractivity contribution in [2.24, 2.45) is 0 Å². The lowest BCUT2D eigenvalue weighted by molar-refractivity contribution is 0.394. The number of aromatic nitrogens is 1. The highest BCUT2D eigenvalue weighted by Crippen LogP contribution is 2.33. The van der Waals surface area contributed by atoms with Crippen LogP contribution in [0.3, 0.4) is 0 Å². The lowest BCUT2D eigenvalue weighted by Gasteiger charge is -2.37. The molecule has 0 aliphatic carbocycles. The van der Waals surface area contributed by atoms with Gasteiger partial charge < -0.3 is 9.62 Å². The summed E-state index contributed by atoms with van der Waals surface area (Å²) in [7, 11) is -0.309. The molecule has 0 saturated carbocycles. The van der Waals surface area contributed by atoms with E-state index < -0.39 is 0 Å². The summed E-state index contributed by atoms with van der Waals surface area (Å²) >= 11 is 6.26. The van der Waals surface area contributed by atoms with Crippen molar-refractivity contribution in [3.63, 3.8) is 0 Å². The van der Waals surface area contributed by atoms with Gasteiger partial charge in [-0.3, -0.25) is 4.98 Å². The Bertz CT molecular complexity index is 800. The van der Waals surface area contributed by atoms with Crippen LogP contribution in [0.5, 0.6) is 0 Å². The maximum Gasteiger partial charge on any atom is 0.0724 e. The highest BCUT2D eigenvalue weighted by atomic mass is 35.5. The molecule has 2 aromatic rings. The normalized spacial score (nSPS) is 16.1. The molecule has 0 radical (unpaired) electrons. The first kappa shape index (κ1) is 20.1. The summed E-state index contributed by atoms with van der Waals surface area (Å²) in [4.78, 5) is 4.67. The molecule has 2 heterocycles. The molecule has 6 heteroatoms. The molecule has 1 saturated heterocycles. The SMILES string of the molecule is C=C(CC)c1ccc(CN(c2cccc(Cl)c2)S(=C)N2CCNCC2)nc1. The molecule has 0 amide bonds. The van der Waals surface area contributed by atoms with Gasteiger partial charge in [0.1, 0.15) is 0 Å². The first-order chi connectivity index (χ1) is 13.1. The predicted octanol–water partition coefficient (Wildman–Crippen LogP) is 4.60. The van der Waals surface area contributed by atoms with Crippen molar-refractivity contribution < 1.29 is 0 Å². The molecule has 1 atom stereocenters. The largest absolute Gasteiger partial charge is 0.314 e. The lowest BCUT2D eigenvalue weighted by Crippen LogP contribution is -2.43. The topological polar surface area (TPSA) is 31.4 Å². The van der Waals surface area contributed by atoms with E-state index in [0.29, 0.717) is 6.54 Å². The van der Waals surface area contributed by atoms with Crippen LogP contribution < -0.4 is 9.62 Å². The number of nitrogens with zero attached hydrogens (tertiary/aromatic N) is 3. The Labute approximate surface area is 170 Å². The zero-order valence-corrected chi connectivity index (χ0v) is 17.4. The molecular formula is C21H27ClN4S.